The van der Waals surface area contributed by atoms with Gasteiger partial charge in [0.1, 0.15) is 11.6 Å². The second-order valence-electron chi connectivity index (χ2n) is 3.83. The fourth-order valence-electron chi connectivity index (χ4n) is 1.57. The van der Waals surface area contributed by atoms with Crippen LogP contribution in [-0.4, -0.2) is 11.1 Å². The number of aromatic carboxylic acids is 1. The fraction of sp³-hybridized carbons (Fsp3) is 0.0714. The molecule has 2 nitrogen and oxygen atoms in total. The minimum atomic E-state index is -1.30. The molecule has 2 rings (SSSR count). The van der Waals surface area contributed by atoms with Crippen LogP contribution in [0.3, 0.4) is 0 Å². The molecule has 0 aliphatic carbocycles. The number of rotatable bonds is 4. The first-order valence-corrected chi connectivity index (χ1v) is 6.45. The highest BCUT2D eigenvalue weighted by molar-refractivity contribution is 7.98. The van der Waals surface area contributed by atoms with Gasteiger partial charge in [0.25, 0.3) is 0 Å². The van der Waals surface area contributed by atoms with Gasteiger partial charge in [-0.2, -0.15) is 0 Å². The Morgan fingerprint density at radius 3 is 2.58 bits per heavy atom. The molecule has 0 bridgehead atoms. The SMILES string of the molecule is O=C(O)c1cccc(CSc2cccc(F)c2)c1F. The molecule has 0 saturated carbocycles. The maximum absolute atomic E-state index is 13.8. The van der Waals surface area contributed by atoms with Crippen LogP contribution in [0.2, 0.25) is 0 Å². The van der Waals surface area contributed by atoms with Crippen molar-refractivity contribution in [3.05, 3.63) is 65.2 Å². The summed E-state index contributed by atoms with van der Waals surface area (Å²) in [5.74, 6) is -2.14. The van der Waals surface area contributed by atoms with Gasteiger partial charge in [0.15, 0.2) is 0 Å². The monoisotopic (exact) mass is 280 g/mol. The van der Waals surface area contributed by atoms with E-state index in [0.29, 0.717) is 4.90 Å². The molecule has 0 unspecified atom stereocenters. The molecule has 2 aromatic rings. The molecule has 0 saturated heterocycles. The Morgan fingerprint density at radius 2 is 1.89 bits per heavy atom. The summed E-state index contributed by atoms with van der Waals surface area (Å²) in [6.45, 7) is 0. The highest BCUT2D eigenvalue weighted by atomic mass is 32.2. The summed E-state index contributed by atoms with van der Waals surface area (Å²) in [5.41, 5.74) is -0.0634. The Labute approximate surface area is 113 Å². The summed E-state index contributed by atoms with van der Waals surface area (Å²) in [7, 11) is 0. The Hall–Kier alpha value is -1.88. The Balaban J connectivity index is 2.16. The molecule has 19 heavy (non-hydrogen) atoms. The van der Waals surface area contributed by atoms with Crippen LogP contribution in [0.25, 0.3) is 0 Å². The first-order valence-electron chi connectivity index (χ1n) is 5.47. The summed E-state index contributed by atoms with van der Waals surface area (Å²) < 4.78 is 26.8. The zero-order valence-electron chi connectivity index (χ0n) is 9.77. The van der Waals surface area contributed by atoms with Gasteiger partial charge in [0.05, 0.1) is 5.56 Å². The molecule has 0 aliphatic heterocycles. The molecule has 0 aromatic heterocycles. The lowest BCUT2D eigenvalue weighted by atomic mass is 10.1. The Kier molecular flexibility index (Phi) is 4.16. The van der Waals surface area contributed by atoms with Crippen molar-refractivity contribution in [2.45, 2.75) is 10.6 Å². The zero-order valence-corrected chi connectivity index (χ0v) is 10.6. The predicted molar refractivity (Wildman–Crippen MR) is 69.3 cm³/mol. The third-order valence-electron chi connectivity index (χ3n) is 2.50. The van der Waals surface area contributed by atoms with Crippen LogP contribution < -0.4 is 0 Å². The average Bonchev–Trinajstić information content (AvgIpc) is 2.37. The summed E-state index contributed by atoms with van der Waals surface area (Å²) in [5, 5.41) is 8.82. The summed E-state index contributed by atoms with van der Waals surface area (Å²) in [6.07, 6.45) is 0. The minimum Gasteiger partial charge on any atom is -0.478 e. The van der Waals surface area contributed by atoms with Gasteiger partial charge in [-0.05, 0) is 29.8 Å². The molecule has 0 fully saturated rings. The first kappa shape index (κ1) is 13.5. The van der Waals surface area contributed by atoms with E-state index in [1.807, 2.05) is 0 Å². The van der Waals surface area contributed by atoms with Gasteiger partial charge in [-0.15, -0.1) is 11.8 Å². The van der Waals surface area contributed by atoms with E-state index >= 15 is 0 Å². The number of carboxylic acid groups (broad SMARTS) is 1. The van der Waals surface area contributed by atoms with Gasteiger partial charge in [-0.3, -0.25) is 0 Å². The molecule has 1 N–H and O–H groups in total. The van der Waals surface area contributed by atoms with Crippen molar-refractivity contribution >= 4 is 17.7 Å². The van der Waals surface area contributed by atoms with Crippen LogP contribution in [0, 0.1) is 11.6 Å². The van der Waals surface area contributed by atoms with E-state index in [2.05, 4.69) is 0 Å². The van der Waals surface area contributed by atoms with Gasteiger partial charge in [0.2, 0.25) is 0 Å². The van der Waals surface area contributed by atoms with E-state index in [1.165, 1.54) is 42.1 Å². The number of hydrogen-bond acceptors (Lipinski definition) is 2. The van der Waals surface area contributed by atoms with Crippen LogP contribution >= 0.6 is 11.8 Å². The molecule has 0 radical (unpaired) electrons. The molecule has 5 heteroatoms. The predicted octanol–water partition coefficient (Wildman–Crippen LogP) is 3.96. The molecule has 0 heterocycles. The molecule has 0 aliphatic rings. The van der Waals surface area contributed by atoms with E-state index in [4.69, 9.17) is 5.11 Å². The first-order chi connectivity index (χ1) is 9.08. The number of benzene rings is 2. The third kappa shape index (κ3) is 3.32. The molecule has 2 aromatic carbocycles. The fourth-order valence-corrected chi connectivity index (χ4v) is 2.49. The molecule has 0 atom stereocenters. The number of thioether (sulfide) groups is 1. The smallest absolute Gasteiger partial charge is 0.338 e. The van der Waals surface area contributed by atoms with Crippen molar-refractivity contribution in [1.29, 1.82) is 0 Å². The van der Waals surface area contributed by atoms with Crippen molar-refractivity contribution in [2.75, 3.05) is 0 Å². The van der Waals surface area contributed by atoms with Crippen LogP contribution in [0.15, 0.2) is 47.4 Å². The summed E-state index contributed by atoms with van der Waals surface area (Å²) in [4.78, 5) is 11.5. The van der Waals surface area contributed by atoms with Crippen molar-refractivity contribution in [2.24, 2.45) is 0 Å². The van der Waals surface area contributed by atoms with Gasteiger partial charge in [0, 0.05) is 10.6 Å². The molecule has 98 valence electrons. The van der Waals surface area contributed by atoms with Crippen LogP contribution in [-0.2, 0) is 5.75 Å². The lowest BCUT2D eigenvalue weighted by Crippen LogP contribution is -2.02. The number of hydrogen-bond donors (Lipinski definition) is 1. The number of carboxylic acids is 1. The summed E-state index contributed by atoms with van der Waals surface area (Å²) in [6, 6.07) is 10.2. The van der Waals surface area contributed by atoms with Crippen molar-refractivity contribution in [3.8, 4) is 0 Å². The molecular weight excluding hydrogens is 270 g/mol. The van der Waals surface area contributed by atoms with E-state index in [0.717, 1.165) is 0 Å². The lowest BCUT2D eigenvalue weighted by Gasteiger charge is -2.05. The van der Waals surface area contributed by atoms with Crippen LogP contribution in [0.5, 0.6) is 0 Å². The van der Waals surface area contributed by atoms with Crippen molar-refractivity contribution in [1.82, 2.24) is 0 Å². The minimum absolute atomic E-state index is 0.246. The zero-order chi connectivity index (χ0) is 13.8. The number of halogens is 2. The maximum Gasteiger partial charge on any atom is 0.338 e. The quantitative estimate of drug-likeness (QED) is 0.861. The third-order valence-corrected chi connectivity index (χ3v) is 3.54. The highest BCUT2D eigenvalue weighted by Crippen LogP contribution is 2.25. The van der Waals surface area contributed by atoms with E-state index in [9.17, 15) is 13.6 Å². The lowest BCUT2D eigenvalue weighted by molar-refractivity contribution is 0.0691. The van der Waals surface area contributed by atoms with Gasteiger partial charge >= 0.3 is 5.97 Å². The van der Waals surface area contributed by atoms with Gasteiger partial charge in [-0.25, -0.2) is 13.6 Å². The van der Waals surface area contributed by atoms with E-state index < -0.39 is 11.8 Å². The second-order valence-corrected chi connectivity index (χ2v) is 4.88. The molecule has 0 amide bonds. The van der Waals surface area contributed by atoms with Gasteiger partial charge < -0.3 is 5.11 Å². The van der Waals surface area contributed by atoms with Crippen molar-refractivity contribution in [3.63, 3.8) is 0 Å². The Morgan fingerprint density at radius 1 is 1.16 bits per heavy atom. The van der Waals surface area contributed by atoms with Crippen molar-refractivity contribution < 1.29 is 18.7 Å². The number of carbonyl (C=O) groups is 1. The van der Waals surface area contributed by atoms with Crippen LogP contribution in [0.1, 0.15) is 15.9 Å². The molecular formula is C14H10F2O2S. The Bertz CT molecular complexity index is 614. The molecule has 0 spiro atoms. The average molecular weight is 280 g/mol. The second kappa shape index (κ2) is 5.84. The van der Waals surface area contributed by atoms with Crippen LogP contribution in [0.4, 0.5) is 8.78 Å². The van der Waals surface area contributed by atoms with E-state index in [-0.39, 0.29) is 22.7 Å². The van der Waals surface area contributed by atoms with E-state index in [1.54, 1.807) is 12.1 Å². The standard InChI is InChI=1S/C14H10F2O2S/c15-10-4-2-5-11(7-10)19-8-9-3-1-6-12(13(9)16)14(17)18/h1-7H,8H2,(H,17,18). The maximum atomic E-state index is 13.8. The topological polar surface area (TPSA) is 37.3 Å². The highest BCUT2D eigenvalue weighted by Gasteiger charge is 2.13. The largest absolute Gasteiger partial charge is 0.478 e. The summed E-state index contributed by atoms with van der Waals surface area (Å²) >= 11 is 1.25. The normalized spacial score (nSPS) is 10.4. The van der Waals surface area contributed by atoms with Gasteiger partial charge in [-0.1, -0.05) is 18.2 Å².